The van der Waals surface area contributed by atoms with Crippen LogP contribution in [0.4, 0.5) is 0 Å². The maximum absolute atomic E-state index is 11.3. The fourth-order valence-corrected chi connectivity index (χ4v) is 2.03. The van der Waals surface area contributed by atoms with Gasteiger partial charge in [-0.2, -0.15) is 0 Å². The van der Waals surface area contributed by atoms with Gasteiger partial charge in [0.15, 0.2) is 0 Å². The average Bonchev–Trinajstić information content (AvgIpc) is 2.83. The summed E-state index contributed by atoms with van der Waals surface area (Å²) >= 11 is 0. The number of aromatic nitrogens is 2. The molecule has 94 valence electrons. The normalized spacial score (nSPS) is 19.1. The highest BCUT2D eigenvalue weighted by Crippen LogP contribution is 2.20. The van der Waals surface area contributed by atoms with Crippen LogP contribution in [0.5, 0.6) is 0 Å². The van der Waals surface area contributed by atoms with E-state index in [9.17, 15) is 9.90 Å². The van der Waals surface area contributed by atoms with Crippen molar-refractivity contribution in [3.8, 4) is 0 Å². The van der Waals surface area contributed by atoms with Crippen LogP contribution >= 0.6 is 0 Å². The van der Waals surface area contributed by atoms with Crippen LogP contribution in [0.3, 0.4) is 0 Å². The Balaban J connectivity index is 1.87. The Morgan fingerprint density at radius 1 is 1.53 bits per heavy atom. The van der Waals surface area contributed by atoms with Crippen LogP contribution < -0.4 is 5.32 Å². The molecule has 0 saturated carbocycles. The van der Waals surface area contributed by atoms with Gasteiger partial charge < -0.3 is 14.4 Å². The zero-order chi connectivity index (χ0) is 12.1. The number of aliphatic carboxylic acids is 1. The van der Waals surface area contributed by atoms with Crippen LogP contribution in [0.2, 0.25) is 0 Å². The Morgan fingerprint density at radius 3 is 2.88 bits per heavy atom. The standard InChI is InChI=1S/C11H17N3O3/c15-10(16)11(1-7-17-8-2-11)13-4-6-14-5-3-12-9-14/h3,5,9,13H,1-2,4,6-8H2,(H,15,16). The average molecular weight is 239 g/mol. The predicted octanol–water partition coefficient (Wildman–Crippen LogP) is 0.106. The highest BCUT2D eigenvalue weighted by atomic mass is 16.5. The Labute approximate surface area is 99.6 Å². The second kappa shape index (κ2) is 5.29. The molecule has 0 aliphatic carbocycles. The first-order valence-corrected chi connectivity index (χ1v) is 5.75. The van der Waals surface area contributed by atoms with Gasteiger partial charge in [-0.1, -0.05) is 0 Å². The molecule has 0 bridgehead atoms. The summed E-state index contributed by atoms with van der Waals surface area (Å²) < 4.78 is 7.13. The highest BCUT2D eigenvalue weighted by Gasteiger charge is 2.39. The summed E-state index contributed by atoms with van der Waals surface area (Å²) in [5.74, 6) is -0.786. The van der Waals surface area contributed by atoms with Crippen LogP contribution in [-0.4, -0.2) is 45.9 Å². The van der Waals surface area contributed by atoms with Crippen LogP contribution in [0.15, 0.2) is 18.7 Å². The van der Waals surface area contributed by atoms with Gasteiger partial charge in [0.2, 0.25) is 0 Å². The number of carboxylic acids is 1. The predicted molar refractivity (Wildman–Crippen MR) is 60.6 cm³/mol. The number of carboxylic acid groups (broad SMARTS) is 1. The van der Waals surface area contributed by atoms with E-state index in [1.807, 2.05) is 10.8 Å². The van der Waals surface area contributed by atoms with Gasteiger partial charge in [0.1, 0.15) is 5.54 Å². The van der Waals surface area contributed by atoms with Crippen molar-refractivity contribution < 1.29 is 14.6 Å². The molecule has 1 aliphatic heterocycles. The van der Waals surface area contributed by atoms with Crippen LogP contribution in [0.25, 0.3) is 0 Å². The summed E-state index contributed by atoms with van der Waals surface area (Å²) in [5.41, 5.74) is -0.821. The summed E-state index contributed by atoms with van der Waals surface area (Å²) in [7, 11) is 0. The number of nitrogens with zero attached hydrogens (tertiary/aromatic N) is 2. The van der Waals surface area contributed by atoms with E-state index in [1.54, 1.807) is 12.5 Å². The smallest absolute Gasteiger partial charge is 0.324 e. The molecule has 6 nitrogen and oxygen atoms in total. The van der Waals surface area contributed by atoms with Crippen molar-refractivity contribution >= 4 is 5.97 Å². The van der Waals surface area contributed by atoms with E-state index in [0.717, 1.165) is 6.54 Å². The van der Waals surface area contributed by atoms with Crippen molar-refractivity contribution in [2.24, 2.45) is 0 Å². The molecule has 0 atom stereocenters. The van der Waals surface area contributed by atoms with Crippen molar-refractivity contribution in [3.05, 3.63) is 18.7 Å². The molecule has 17 heavy (non-hydrogen) atoms. The number of hydrogen-bond acceptors (Lipinski definition) is 4. The van der Waals surface area contributed by atoms with Gasteiger partial charge in [-0.15, -0.1) is 0 Å². The molecule has 0 radical (unpaired) electrons. The fraction of sp³-hybridized carbons (Fsp3) is 0.636. The Bertz CT molecular complexity index is 358. The number of ether oxygens (including phenoxy) is 1. The monoisotopic (exact) mass is 239 g/mol. The fourth-order valence-electron chi connectivity index (χ4n) is 2.03. The number of hydrogen-bond donors (Lipinski definition) is 2. The van der Waals surface area contributed by atoms with Crippen molar-refractivity contribution in [3.63, 3.8) is 0 Å². The van der Waals surface area contributed by atoms with Crippen molar-refractivity contribution in [2.45, 2.75) is 24.9 Å². The topological polar surface area (TPSA) is 76.4 Å². The van der Waals surface area contributed by atoms with E-state index in [0.29, 0.717) is 32.6 Å². The highest BCUT2D eigenvalue weighted by molar-refractivity contribution is 5.78. The number of rotatable bonds is 5. The third kappa shape index (κ3) is 2.83. The molecule has 1 aliphatic rings. The first kappa shape index (κ1) is 12.1. The van der Waals surface area contributed by atoms with E-state index in [2.05, 4.69) is 10.3 Å². The van der Waals surface area contributed by atoms with Gasteiger partial charge in [-0.05, 0) is 12.8 Å². The Hall–Kier alpha value is -1.40. The summed E-state index contributed by atoms with van der Waals surface area (Å²) in [5, 5.41) is 12.5. The second-order valence-electron chi connectivity index (χ2n) is 4.23. The molecule has 2 rings (SSSR count). The van der Waals surface area contributed by atoms with Gasteiger partial charge in [-0.3, -0.25) is 10.1 Å². The van der Waals surface area contributed by atoms with Gasteiger partial charge in [-0.25, -0.2) is 4.98 Å². The van der Waals surface area contributed by atoms with E-state index in [4.69, 9.17) is 4.74 Å². The third-order valence-corrected chi connectivity index (χ3v) is 3.15. The minimum atomic E-state index is -0.821. The van der Waals surface area contributed by atoms with Crippen LogP contribution in [0, 0.1) is 0 Å². The summed E-state index contributed by atoms with van der Waals surface area (Å²) in [4.78, 5) is 15.3. The lowest BCUT2D eigenvalue weighted by molar-refractivity contribution is -0.149. The van der Waals surface area contributed by atoms with Crippen molar-refractivity contribution in [2.75, 3.05) is 19.8 Å². The van der Waals surface area contributed by atoms with E-state index in [-0.39, 0.29) is 0 Å². The first-order valence-electron chi connectivity index (χ1n) is 5.75. The lowest BCUT2D eigenvalue weighted by atomic mass is 9.90. The number of imidazole rings is 1. The molecule has 2 heterocycles. The molecular formula is C11H17N3O3. The molecule has 1 saturated heterocycles. The molecular weight excluding hydrogens is 222 g/mol. The van der Waals surface area contributed by atoms with Crippen LogP contribution in [-0.2, 0) is 16.1 Å². The molecule has 0 unspecified atom stereocenters. The number of carbonyl (C=O) groups is 1. The molecule has 0 spiro atoms. The van der Waals surface area contributed by atoms with Gasteiger partial charge >= 0.3 is 5.97 Å². The molecule has 6 heteroatoms. The Kier molecular flexibility index (Phi) is 3.75. The van der Waals surface area contributed by atoms with Gasteiger partial charge in [0.05, 0.1) is 6.33 Å². The quantitative estimate of drug-likeness (QED) is 0.762. The van der Waals surface area contributed by atoms with Crippen molar-refractivity contribution in [1.82, 2.24) is 14.9 Å². The minimum Gasteiger partial charge on any atom is -0.480 e. The zero-order valence-corrected chi connectivity index (χ0v) is 9.63. The summed E-state index contributed by atoms with van der Waals surface area (Å²) in [6.45, 7) is 2.34. The SMILES string of the molecule is O=C(O)C1(NCCn2ccnc2)CCOCC1. The largest absolute Gasteiger partial charge is 0.480 e. The van der Waals surface area contributed by atoms with Gasteiger partial charge in [0.25, 0.3) is 0 Å². The summed E-state index contributed by atoms with van der Waals surface area (Å²) in [6.07, 6.45) is 6.33. The zero-order valence-electron chi connectivity index (χ0n) is 9.63. The minimum absolute atomic E-state index is 0.504. The van der Waals surface area contributed by atoms with Crippen LogP contribution in [0.1, 0.15) is 12.8 Å². The molecule has 1 fully saturated rings. The van der Waals surface area contributed by atoms with Crippen molar-refractivity contribution in [1.29, 1.82) is 0 Å². The summed E-state index contributed by atoms with van der Waals surface area (Å²) in [6, 6.07) is 0. The molecule has 1 aromatic rings. The Morgan fingerprint density at radius 2 is 2.29 bits per heavy atom. The lowest BCUT2D eigenvalue weighted by Gasteiger charge is -2.34. The first-order chi connectivity index (χ1) is 8.23. The number of nitrogens with one attached hydrogen (secondary N) is 1. The molecule has 1 aromatic heterocycles. The maximum Gasteiger partial charge on any atom is 0.324 e. The maximum atomic E-state index is 11.3. The van der Waals surface area contributed by atoms with E-state index in [1.165, 1.54) is 0 Å². The second-order valence-corrected chi connectivity index (χ2v) is 4.23. The molecule has 0 aromatic carbocycles. The lowest BCUT2D eigenvalue weighted by Crippen LogP contribution is -2.56. The molecule has 0 amide bonds. The molecule has 2 N–H and O–H groups in total. The van der Waals surface area contributed by atoms with E-state index >= 15 is 0 Å². The van der Waals surface area contributed by atoms with Gasteiger partial charge in [0, 0.05) is 38.7 Å². The third-order valence-electron chi connectivity index (χ3n) is 3.15. The van der Waals surface area contributed by atoms with E-state index < -0.39 is 11.5 Å².